The van der Waals surface area contributed by atoms with Crippen molar-refractivity contribution in [3.63, 3.8) is 0 Å². The van der Waals surface area contributed by atoms with E-state index in [1.165, 1.54) is 22.7 Å². The Hall–Kier alpha value is -3.01. The molecule has 0 saturated carbocycles. The van der Waals surface area contributed by atoms with Gasteiger partial charge in [0.1, 0.15) is 0 Å². The number of nitrogens with zero attached hydrogens (tertiary/aromatic N) is 4. The van der Waals surface area contributed by atoms with Gasteiger partial charge in [0.15, 0.2) is 10.7 Å². The van der Waals surface area contributed by atoms with E-state index in [1.807, 2.05) is 53.1 Å². The number of imidazole rings is 1. The van der Waals surface area contributed by atoms with E-state index in [2.05, 4.69) is 23.7 Å². The van der Waals surface area contributed by atoms with Crippen LogP contribution in [0.1, 0.15) is 40.1 Å². The molecule has 1 aliphatic heterocycles. The lowest BCUT2D eigenvalue weighted by Crippen LogP contribution is -2.38. The number of hydrogen-bond acceptors (Lipinski definition) is 7. The third kappa shape index (κ3) is 3.55. The highest BCUT2D eigenvalue weighted by Crippen LogP contribution is 2.42. The van der Waals surface area contributed by atoms with E-state index in [1.54, 1.807) is 4.90 Å². The van der Waals surface area contributed by atoms with E-state index in [9.17, 15) is 14.7 Å². The van der Waals surface area contributed by atoms with Crippen molar-refractivity contribution in [2.45, 2.75) is 26.8 Å². The van der Waals surface area contributed by atoms with Gasteiger partial charge in [-0.1, -0.05) is 43.4 Å². The van der Waals surface area contributed by atoms with Crippen LogP contribution in [0.2, 0.25) is 0 Å². The highest BCUT2D eigenvalue weighted by atomic mass is 32.1. The molecule has 176 valence electrons. The highest BCUT2D eigenvalue weighted by Gasteiger charge is 2.45. The maximum Gasteiger partial charge on any atom is 0.290 e. The molecule has 1 unspecified atom stereocenters. The van der Waals surface area contributed by atoms with Crippen LogP contribution in [0.15, 0.2) is 53.1 Å². The molecule has 0 saturated heterocycles. The van der Waals surface area contributed by atoms with Crippen molar-refractivity contribution in [2.75, 3.05) is 26.2 Å². The first-order valence-corrected chi connectivity index (χ1v) is 13.1. The van der Waals surface area contributed by atoms with E-state index >= 15 is 0 Å². The molecule has 1 N–H and O–H groups in total. The summed E-state index contributed by atoms with van der Waals surface area (Å²) in [7, 11) is 0. The van der Waals surface area contributed by atoms with Gasteiger partial charge in [0, 0.05) is 23.7 Å². The number of Topliss-reactive ketones (excluding diaryl/α,β-unsaturated/α-hetero) is 1. The molecule has 0 fully saturated rings. The Kier molecular flexibility index (Phi) is 6.01. The van der Waals surface area contributed by atoms with Crippen LogP contribution < -0.4 is 0 Å². The minimum Gasteiger partial charge on any atom is -0.503 e. The first kappa shape index (κ1) is 22.8. The minimum atomic E-state index is -0.596. The van der Waals surface area contributed by atoms with Crippen LogP contribution in [0.4, 0.5) is 0 Å². The van der Waals surface area contributed by atoms with E-state index in [-0.39, 0.29) is 11.4 Å². The molecule has 9 heteroatoms. The molecule has 0 spiro atoms. The monoisotopic (exact) mass is 494 g/mol. The largest absolute Gasteiger partial charge is 0.503 e. The van der Waals surface area contributed by atoms with E-state index in [4.69, 9.17) is 0 Å². The van der Waals surface area contributed by atoms with E-state index in [0.29, 0.717) is 18.0 Å². The summed E-state index contributed by atoms with van der Waals surface area (Å²) in [6, 6.07) is 11.0. The summed E-state index contributed by atoms with van der Waals surface area (Å²) < 4.78 is 1.97. The number of para-hydroxylation sites is 2. The van der Waals surface area contributed by atoms with Crippen LogP contribution in [-0.4, -0.2) is 62.2 Å². The van der Waals surface area contributed by atoms with Gasteiger partial charge in [-0.2, -0.15) is 0 Å². The van der Waals surface area contributed by atoms with Crippen LogP contribution in [0, 0.1) is 6.92 Å². The molecule has 1 amide bonds. The summed E-state index contributed by atoms with van der Waals surface area (Å²) in [5, 5.41) is 12.9. The quantitative estimate of drug-likeness (QED) is 0.355. The van der Waals surface area contributed by atoms with Gasteiger partial charge in [-0.15, -0.1) is 11.3 Å². The Morgan fingerprint density at radius 3 is 2.65 bits per heavy atom. The molecule has 0 aliphatic carbocycles. The number of ketones is 1. The zero-order valence-electron chi connectivity index (χ0n) is 19.3. The summed E-state index contributed by atoms with van der Waals surface area (Å²) in [6.45, 7) is 8.89. The predicted molar refractivity (Wildman–Crippen MR) is 136 cm³/mol. The van der Waals surface area contributed by atoms with Crippen LogP contribution in [0.25, 0.3) is 16.0 Å². The third-order valence-electron chi connectivity index (χ3n) is 6.51. The molecular weight excluding hydrogens is 468 g/mol. The van der Waals surface area contributed by atoms with Gasteiger partial charge in [0.2, 0.25) is 5.78 Å². The Bertz CT molecular complexity index is 1410. The smallest absolute Gasteiger partial charge is 0.290 e. The fourth-order valence-corrected chi connectivity index (χ4v) is 6.58. The maximum absolute atomic E-state index is 13.9. The average Bonchev–Trinajstić information content (AvgIpc) is 3.60. The highest BCUT2D eigenvalue weighted by molar-refractivity contribution is 7.19. The number of hydrogen-bond donors (Lipinski definition) is 1. The van der Waals surface area contributed by atoms with Crippen LogP contribution in [-0.2, 0) is 4.79 Å². The Balaban J connectivity index is 1.56. The Morgan fingerprint density at radius 2 is 1.94 bits per heavy atom. The number of aryl methyl sites for hydroxylation is 1. The molecule has 1 aliphatic rings. The zero-order chi connectivity index (χ0) is 24.0. The van der Waals surface area contributed by atoms with Gasteiger partial charge in [0.05, 0.1) is 27.5 Å². The molecule has 1 aromatic carbocycles. The van der Waals surface area contributed by atoms with Crippen molar-refractivity contribution in [2.24, 2.45) is 0 Å². The van der Waals surface area contributed by atoms with Crippen molar-refractivity contribution in [1.82, 2.24) is 19.2 Å². The molecular formula is C25H26N4O3S2. The summed E-state index contributed by atoms with van der Waals surface area (Å²) in [4.78, 5) is 37.7. The number of thiazole rings is 1. The van der Waals surface area contributed by atoms with Gasteiger partial charge in [-0.25, -0.2) is 4.98 Å². The summed E-state index contributed by atoms with van der Waals surface area (Å²) in [5.74, 6) is -1.25. The minimum absolute atomic E-state index is 0.156. The number of thiophene rings is 1. The third-order valence-corrected chi connectivity index (χ3v) is 8.57. The van der Waals surface area contributed by atoms with Crippen LogP contribution in [0.3, 0.4) is 0 Å². The topological polar surface area (TPSA) is 78.2 Å². The van der Waals surface area contributed by atoms with E-state index in [0.717, 1.165) is 39.7 Å². The first-order valence-electron chi connectivity index (χ1n) is 11.4. The number of rotatable bonds is 8. The zero-order valence-corrected chi connectivity index (χ0v) is 20.9. The molecule has 0 bridgehead atoms. The molecule has 3 aromatic heterocycles. The average molecular weight is 495 g/mol. The molecule has 4 heterocycles. The van der Waals surface area contributed by atoms with Crippen LogP contribution in [0.5, 0.6) is 0 Å². The summed E-state index contributed by atoms with van der Waals surface area (Å²) >= 11 is 2.78. The number of aliphatic hydroxyl groups is 1. The van der Waals surface area contributed by atoms with Gasteiger partial charge < -0.3 is 14.9 Å². The maximum atomic E-state index is 13.9. The lowest BCUT2D eigenvalue weighted by molar-refractivity contribution is -0.129. The van der Waals surface area contributed by atoms with Crippen LogP contribution >= 0.6 is 22.7 Å². The predicted octanol–water partition coefficient (Wildman–Crippen LogP) is 4.84. The van der Waals surface area contributed by atoms with Crippen molar-refractivity contribution >= 4 is 50.4 Å². The van der Waals surface area contributed by atoms with Gasteiger partial charge in [0.25, 0.3) is 5.91 Å². The van der Waals surface area contributed by atoms with Gasteiger partial charge in [-0.3, -0.25) is 14.0 Å². The van der Waals surface area contributed by atoms with Crippen molar-refractivity contribution < 1.29 is 14.7 Å². The Labute approximate surface area is 205 Å². The molecule has 34 heavy (non-hydrogen) atoms. The number of carbonyl (C=O) groups is 2. The first-order chi connectivity index (χ1) is 16.5. The lowest BCUT2D eigenvalue weighted by atomic mass is 10.00. The number of aromatic nitrogens is 2. The second-order valence-corrected chi connectivity index (χ2v) is 10.2. The Morgan fingerprint density at radius 1 is 1.18 bits per heavy atom. The summed E-state index contributed by atoms with van der Waals surface area (Å²) in [6.07, 6.45) is 0. The van der Waals surface area contributed by atoms with Gasteiger partial charge in [-0.05, 0) is 43.6 Å². The molecule has 7 nitrogen and oxygen atoms in total. The second kappa shape index (κ2) is 8.98. The number of benzene rings is 1. The number of carbonyl (C=O) groups excluding carboxylic acids is 2. The molecule has 1 atom stereocenters. The normalized spacial score (nSPS) is 16.6. The molecule has 4 aromatic rings. The van der Waals surface area contributed by atoms with Crippen molar-refractivity contribution in [1.29, 1.82) is 0 Å². The number of likely N-dealkylation sites (N-methyl/N-ethyl adjacent to an activating group) is 1. The van der Waals surface area contributed by atoms with Crippen molar-refractivity contribution in [3.05, 3.63) is 68.6 Å². The molecule has 5 rings (SSSR count). The second-order valence-electron chi connectivity index (χ2n) is 8.27. The van der Waals surface area contributed by atoms with E-state index < -0.39 is 17.7 Å². The SMILES string of the molecule is CCN(CC)CCN1C(=O)C(O)=C(C(=O)c2sc3nc4ccccc4n3c2C)C1c1cccs1. The fourth-order valence-electron chi connectivity index (χ4n) is 4.64. The molecule has 0 radical (unpaired) electrons. The number of aliphatic hydroxyl groups excluding tert-OH is 1. The van der Waals surface area contributed by atoms with Gasteiger partial charge >= 0.3 is 0 Å². The standard InChI is InChI=1S/C25H26N4O3S2/c1-4-27(5-2)12-13-28-20(18-11-8-14-33-18)19(22(31)24(28)32)21(30)23-15(3)29-17-10-7-6-9-16(17)26-25(29)34-23/h6-11,14,20,31H,4-5,12-13H2,1-3H3. The number of fused-ring (bicyclic) bond motifs is 3. The summed E-state index contributed by atoms with van der Waals surface area (Å²) in [5.41, 5.74) is 2.72. The lowest BCUT2D eigenvalue weighted by Gasteiger charge is -2.28. The number of amides is 1. The fraction of sp³-hybridized carbons (Fsp3) is 0.320. The van der Waals surface area contributed by atoms with Crippen molar-refractivity contribution in [3.8, 4) is 0 Å².